The van der Waals surface area contributed by atoms with E-state index in [-0.39, 0.29) is 34.1 Å². The summed E-state index contributed by atoms with van der Waals surface area (Å²) in [6.45, 7) is 13.1. The predicted octanol–water partition coefficient (Wildman–Crippen LogP) is 3.28. The zero-order chi connectivity index (χ0) is 25.3. The molecule has 0 aromatic heterocycles. The number of rotatable bonds is 10. The molecule has 0 unspecified atom stereocenters. The van der Waals surface area contributed by atoms with E-state index in [0.29, 0.717) is 0 Å². The molecule has 0 fully saturated rings. The lowest BCUT2D eigenvalue weighted by Crippen LogP contribution is -2.11. The fourth-order valence-corrected chi connectivity index (χ4v) is 2.39. The van der Waals surface area contributed by atoms with Gasteiger partial charge in [0.2, 0.25) is 0 Å². The number of carbonyl (C=O) groups excluding carboxylic acids is 5. The Balaban J connectivity index is 2.49. The highest BCUT2D eigenvalue weighted by atomic mass is 16.6. The zero-order valence-corrected chi connectivity index (χ0v) is 17.8. The molecule has 0 saturated heterocycles. The van der Waals surface area contributed by atoms with Gasteiger partial charge in [-0.3, -0.25) is 4.79 Å². The van der Waals surface area contributed by atoms with Gasteiger partial charge < -0.3 is 18.9 Å². The molecule has 0 aliphatic carbocycles. The lowest BCUT2D eigenvalue weighted by Gasteiger charge is -2.12. The van der Waals surface area contributed by atoms with Crippen molar-refractivity contribution in [2.24, 2.45) is 0 Å². The Kier molecular flexibility index (Phi) is 8.55. The SMILES string of the molecule is C=CC(=O)Oc1ccc(C(=O)c2ccc(OC(=O)C=C)c(OC(=O)C=C)c2)cc1OC(=O)C=C. The van der Waals surface area contributed by atoms with Crippen molar-refractivity contribution < 1.29 is 42.9 Å². The number of esters is 4. The predicted molar refractivity (Wildman–Crippen MR) is 120 cm³/mol. The third-order valence-corrected chi connectivity index (χ3v) is 3.92. The smallest absolute Gasteiger partial charge is 0.335 e. The Morgan fingerprint density at radius 2 is 0.794 bits per heavy atom. The molecule has 9 heteroatoms. The van der Waals surface area contributed by atoms with E-state index in [4.69, 9.17) is 18.9 Å². The fourth-order valence-electron chi connectivity index (χ4n) is 2.39. The molecule has 0 saturated carbocycles. The Bertz CT molecular complexity index is 1130. The highest BCUT2D eigenvalue weighted by molar-refractivity contribution is 6.10. The number of benzene rings is 2. The van der Waals surface area contributed by atoms with Gasteiger partial charge in [0.1, 0.15) is 0 Å². The topological polar surface area (TPSA) is 122 Å². The summed E-state index contributed by atoms with van der Waals surface area (Å²) in [5.41, 5.74) is 0.0594. The van der Waals surface area contributed by atoms with Gasteiger partial charge in [-0.05, 0) is 36.4 Å². The van der Waals surface area contributed by atoms with Crippen LogP contribution in [0.4, 0.5) is 0 Å². The molecule has 2 rings (SSSR count). The fraction of sp³-hybridized carbons (Fsp3) is 0. The largest absolute Gasteiger partial charge is 0.419 e. The Morgan fingerprint density at radius 3 is 1.09 bits per heavy atom. The van der Waals surface area contributed by atoms with Crippen LogP contribution in [-0.2, 0) is 19.2 Å². The van der Waals surface area contributed by atoms with Gasteiger partial charge in [-0.25, -0.2) is 19.2 Å². The summed E-state index contributed by atoms with van der Waals surface area (Å²) in [6.07, 6.45) is 3.59. The summed E-state index contributed by atoms with van der Waals surface area (Å²) < 4.78 is 20.2. The van der Waals surface area contributed by atoms with Gasteiger partial charge in [-0.15, -0.1) is 0 Å². The molecule has 0 spiro atoms. The molecule has 0 N–H and O–H groups in total. The van der Waals surface area contributed by atoms with Crippen LogP contribution in [0.2, 0.25) is 0 Å². The third kappa shape index (κ3) is 6.47. The van der Waals surface area contributed by atoms with Crippen LogP contribution in [0.3, 0.4) is 0 Å². The summed E-state index contributed by atoms with van der Waals surface area (Å²) in [5, 5.41) is 0. The Hall–Kier alpha value is -5.05. The zero-order valence-electron chi connectivity index (χ0n) is 17.8. The second-order valence-electron chi connectivity index (χ2n) is 6.15. The summed E-state index contributed by atoms with van der Waals surface area (Å²) in [4.78, 5) is 59.5. The molecule has 34 heavy (non-hydrogen) atoms. The van der Waals surface area contributed by atoms with Gasteiger partial charge in [0.25, 0.3) is 0 Å². The van der Waals surface area contributed by atoms with Crippen LogP contribution < -0.4 is 18.9 Å². The van der Waals surface area contributed by atoms with E-state index in [9.17, 15) is 24.0 Å². The minimum absolute atomic E-state index is 0.0297. The van der Waals surface area contributed by atoms with Crippen molar-refractivity contribution in [2.45, 2.75) is 0 Å². The molecule has 0 heterocycles. The van der Waals surface area contributed by atoms with E-state index in [2.05, 4.69) is 26.3 Å². The minimum Gasteiger partial charge on any atom is -0.419 e. The monoisotopic (exact) mass is 462 g/mol. The molecule has 0 amide bonds. The summed E-state index contributed by atoms with van der Waals surface area (Å²) in [5.74, 6) is -4.63. The maximum atomic E-state index is 13.1. The highest BCUT2D eigenvalue weighted by Crippen LogP contribution is 2.33. The second-order valence-corrected chi connectivity index (χ2v) is 6.15. The van der Waals surface area contributed by atoms with Crippen LogP contribution in [0.15, 0.2) is 87.0 Å². The van der Waals surface area contributed by atoms with Crippen molar-refractivity contribution in [1.82, 2.24) is 0 Å². The van der Waals surface area contributed by atoms with Gasteiger partial charge >= 0.3 is 23.9 Å². The van der Waals surface area contributed by atoms with E-state index in [1.807, 2.05) is 0 Å². The first-order valence-electron chi connectivity index (χ1n) is 9.42. The molecule has 9 nitrogen and oxygen atoms in total. The van der Waals surface area contributed by atoms with Crippen LogP contribution in [0.5, 0.6) is 23.0 Å². The summed E-state index contributed by atoms with van der Waals surface area (Å²) in [7, 11) is 0. The molecule has 0 aliphatic rings. The molecular formula is C25H18O9. The van der Waals surface area contributed by atoms with E-state index in [0.717, 1.165) is 24.3 Å². The molecule has 0 aliphatic heterocycles. The normalized spacial score (nSPS) is 9.65. The van der Waals surface area contributed by atoms with E-state index in [1.54, 1.807) is 0 Å². The van der Waals surface area contributed by atoms with Crippen molar-refractivity contribution in [2.75, 3.05) is 0 Å². The second kappa shape index (κ2) is 11.5. The molecule has 0 atom stereocenters. The van der Waals surface area contributed by atoms with Crippen LogP contribution >= 0.6 is 0 Å². The molecule has 2 aromatic rings. The summed E-state index contributed by atoms with van der Waals surface area (Å²) in [6, 6.07) is 7.49. The van der Waals surface area contributed by atoms with Crippen molar-refractivity contribution in [3.63, 3.8) is 0 Å². The number of ether oxygens (including phenoxy) is 4. The number of hydrogen-bond donors (Lipinski definition) is 0. The maximum absolute atomic E-state index is 13.1. The minimum atomic E-state index is -0.854. The number of carbonyl (C=O) groups is 5. The number of hydrogen-bond acceptors (Lipinski definition) is 9. The molecule has 2 aromatic carbocycles. The van der Waals surface area contributed by atoms with Gasteiger partial charge in [0.05, 0.1) is 0 Å². The first-order chi connectivity index (χ1) is 16.2. The van der Waals surface area contributed by atoms with Crippen LogP contribution in [0.25, 0.3) is 0 Å². The van der Waals surface area contributed by atoms with Crippen molar-refractivity contribution >= 4 is 29.7 Å². The Labute approximate surface area is 194 Å². The maximum Gasteiger partial charge on any atom is 0.335 e. The van der Waals surface area contributed by atoms with Gasteiger partial charge in [0.15, 0.2) is 28.8 Å². The lowest BCUT2D eigenvalue weighted by atomic mass is 10.0. The van der Waals surface area contributed by atoms with Crippen molar-refractivity contribution in [3.05, 3.63) is 98.1 Å². The van der Waals surface area contributed by atoms with E-state index in [1.165, 1.54) is 36.4 Å². The average Bonchev–Trinajstić information content (AvgIpc) is 2.84. The molecule has 0 bridgehead atoms. The van der Waals surface area contributed by atoms with E-state index < -0.39 is 29.7 Å². The quantitative estimate of drug-likeness (QED) is 0.226. The number of ketones is 1. The van der Waals surface area contributed by atoms with E-state index >= 15 is 0 Å². The third-order valence-electron chi connectivity index (χ3n) is 3.92. The highest BCUT2D eigenvalue weighted by Gasteiger charge is 2.19. The van der Waals surface area contributed by atoms with Crippen LogP contribution in [-0.4, -0.2) is 29.7 Å². The lowest BCUT2D eigenvalue weighted by molar-refractivity contribution is -0.131. The van der Waals surface area contributed by atoms with Gasteiger partial charge in [0, 0.05) is 35.4 Å². The van der Waals surface area contributed by atoms with Crippen molar-refractivity contribution in [1.29, 1.82) is 0 Å². The van der Waals surface area contributed by atoms with Crippen molar-refractivity contribution in [3.8, 4) is 23.0 Å². The van der Waals surface area contributed by atoms with Gasteiger partial charge in [-0.2, -0.15) is 0 Å². The molecule has 172 valence electrons. The average molecular weight is 462 g/mol. The molecule has 0 radical (unpaired) electrons. The summed E-state index contributed by atoms with van der Waals surface area (Å²) >= 11 is 0. The van der Waals surface area contributed by atoms with Crippen LogP contribution in [0.1, 0.15) is 15.9 Å². The van der Waals surface area contributed by atoms with Crippen LogP contribution in [0, 0.1) is 0 Å². The molecular weight excluding hydrogens is 444 g/mol. The van der Waals surface area contributed by atoms with Gasteiger partial charge in [-0.1, -0.05) is 26.3 Å². The standard InChI is InChI=1S/C25H18O9/c1-5-21(26)31-17-11-9-15(13-19(17)33-23(28)7-3)25(30)16-10-12-18(32-22(27)6-2)20(14-16)34-24(29)8-4/h5-14H,1-4H2. The Morgan fingerprint density at radius 1 is 0.500 bits per heavy atom. The first-order valence-corrected chi connectivity index (χ1v) is 9.42. The first kappa shape index (κ1) is 25.2.